The Labute approximate surface area is 111 Å². The molecule has 0 amide bonds. The lowest BCUT2D eigenvalue weighted by Gasteiger charge is -2.20. The van der Waals surface area contributed by atoms with Crippen molar-refractivity contribution in [3.63, 3.8) is 0 Å². The molecule has 0 heterocycles. The molecule has 1 aromatic rings. The maximum Gasteiger partial charge on any atom is 0.289 e. The van der Waals surface area contributed by atoms with E-state index in [4.69, 9.17) is 5.11 Å². The minimum atomic E-state index is -3.97. The van der Waals surface area contributed by atoms with Crippen molar-refractivity contribution in [2.24, 2.45) is 0 Å². The van der Waals surface area contributed by atoms with Gasteiger partial charge in [-0.3, -0.25) is 10.1 Å². The second-order valence-electron chi connectivity index (χ2n) is 3.85. The van der Waals surface area contributed by atoms with Crippen molar-refractivity contribution in [1.82, 2.24) is 4.31 Å². The fourth-order valence-corrected chi connectivity index (χ4v) is 3.36. The lowest BCUT2D eigenvalue weighted by molar-refractivity contribution is -0.387. The minimum absolute atomic E-state index is 0.0811. The van der Waals surface area contributed by atoms with E-state index < -0.39 is 20.6 Å². The molecule has 0 aliphatic heterocycles. The van der Waals surface area contributed by atoms with Gasteiger partial charge in [0.15, 0.2) is 4.90 Å². The van der Waals surface area contributed by atoms with Gasteiger partial charge in [-0.25, -0.2) is 8.42 Å². The van der Waals surface area contributed by atoms with Crippen molar-refractivity contribution < 1.29 is 18.4 Å². The number of hydrogen-bond donors (Lipinski definition) is 1. The van der Waals surface area contributed by atoms with Crippen LogP contribution in [0.15, 0.2) is 29.2 Å². The number of rotatable bonds is 7. The number of nitro groups is 1. The first-order chi connectivity index (χ1) is 8.95. The van der Waals surface area contributed by atoms with E-state index in [9.17, 15) is 18.5 Å². The smallest absolute Gasteiger partial charge is 0.289 e. The number of nitro benzene ring substituents is 1. The Bertz CT molecular complexity index is 538. The number of hydrogen-bond acceptors (Lipinski definition) is 5. The average molecular weight is 288 g/mol. The largest absolute Gasteiger partial charge is 0.395 e. The summed E-state index contributed by atoms with van der Waals surface area (Å²) in [6.07, 6.45) is 0.555. The fraction of sp³-hybridized carbons (Fsp3) is 0.455. The van der Waals surface area contributed by atoms with Crippen LogP contribution in [0.5, 0.6) is 0 Å². The van der Waals surface area contributed by atoms with Crippen molar-refractivity contribution in [3.8, 4) is 0 Å². The third-order valence-corrected chi connectivity index (χ3v) is 4.45. The zero-order valence-corrected chi connectivity index (χ0v) is 11.3. The van der Waals surface area contributed by atoms with Crippen molar-refractivity contribution in [3.05, 3.63) is 34.4 Å². The molecular weight excluding hydrogens is 272 g/mol. The SMILES string of the molecule is CCCN(CCO)S(=O)(=O)c1ccccc1[N+](=O)[O-]. The van der Waals surface area contributed by atoms with Gasteiger partial charge in [0.1, 0.15) is 0 Å². The van der Waals surface area contributed by atoms with Crippen LogP contribution in [-0.2, 0) is 10.0 Å². The average Bonchev–Trinajstić information content (AvgIpc) is 2.38. The summed E-state index contributed by atoms with van der Waals surface area (Å²) in [5.41, 5.74) is -0.457. The van der Waals surface area contributed by atoms with Crippen LogP contribution in [0.25, 0.3) is 0 Å². The van der Waals surface area contributed by atoms with E-state index in [0.717, 1.165) is 10.4 Å². The van der Waals surface area contributed by atoms with Gasteiger partial charge >= 0.3 is 0 Å². The summed E-state index contributed by atoms with van der Waals surface area (Å²) in [4.78, 5) is 9.81. The van der Waals surface area contributed by atoms with Gasteiger partial charge in [0.25, 0.3) is 5.69 Å². The Kier molecular flexibility index (Phi) is 5.40. The molecule has 0 fully saturated rings. The van der Waals surface area contributed by atoms with E-state index in [2.05, 4.69) is 0 Å². The highest BCUT2D eigenvalue weighted by molar-refractivity contribution is 7.89. The molecule has 7 nitrogen and oxygen atoms in total. The zero-order valence-electron chi connectivity index (χ0n) is 10.5. The monoisotopic (exact) mass is 288 g/mol. The molecule has 8 heteroatoms. The predicted octanol–water partition coefficient (Wildman–Crippen LogP) is 0.988. The number of benzene rings is 1. The lowest BCUT2D eigenvalue weighted by atomic mass is 10.3. The Morgan fingerprint density at radius 3 is 2.47 bits per heavy atom. The third-order valence-electron chi connectivity index (χ3n) is 2.50. The van der Waals surface area contributed by atoms with E-state index in [1.165, 1.54) is 18.2 Å². The Balaban J connectivity index is 3.29. The van der Waals surface area contributed by atoms with Gasteiger partial charge in [0.05, 0.1) is 11.5 Å². The van der Waals surface area contributed by atoms with Crippen LogP contribution >= 0.6 is 0 Å². The first-order valence-electron chi connectivity index (χ1n) is 5.79. The molecule has 0 atom stereocenters. The van der Waals surface area contributed by atoms with Gasteiger partial charge in [-0.1, -0.05) is 19.1 Å². The maximum absolute atomic E-state index is 12.3. The second kappa shape index (κ2) is 6.60. The van der Waals surface area contributed by atoms with Crippen LogP contribution in [0, 0.1) is 10.1 Å². The van der Waals surface area contributed by atoms with Crippen LogP contribution in [0.1, 0.15) is 13.3 Å². The van der Waals surface area contributed by atoms with Crippen LogP contribution in [0.3, 0.4) is 0 Å². The highest BCUT2D eigenvalue weighted by atomic mass is 32.2. The molecule has 0 aliphatic carbocycles. The van der Waals surface area contributed by atoms with E-state index in [1.54, 1.807) is 6.92 Å². The van der Waals surface area contributed by atoms with Crippen molar-refractivity contribution in [2.75, 3.05) is 19.7 Å². The van der Waals surface area contributed by atoms with Crippen LogP contribution in [-0.4, -0.2) is 42.4 Å². The topological polar surface area (TPSA) is 101 Å². The van der Waals surface area contributed by atoms with Crippen molar-refractivity contribution in [2.45, 2.75) is 18.2 Å². The fourth-order valence-electron chi connectivity index (χ4n) is 1.68. The standard InChI is InChI=1S/C11H16N2O5S/c1-2-7-12(8-9-14)19(17,18)11-6-4-3-5-10(11)13(15)16/h3-6,14H,2,7-9H2,1H3. The molecule has 0 spiro atoms. The Hall–Kier alpha value is -1.51. The number of aliphatic hydroxyl groups excluding tert-OH is 1. The number of nitrogens with zero attached hydrogens (tertiary/aromatic N) is 2. The normalized spacial score (nSPS) is 11.7. The van der Waals surface area contributed by atoms with E-state index in [-0.39, 0.29) is 24.6 Å². The summed E-state index contributed by atoms with van der Waals surface area (Å²) in [5, 5.41) is 19.8. The molecule has 0 aliphatic rings. The lowest BCUT2D eigenvalue weighted by Crippen LogP contribution is -2.34. The molecular formula is C11H16N2O5S. The maximum atomic E-state index is 12.3. The van der Waals surface area contributed by atoms with Gasteiger partial charge in [0, 0.05) is 19.2 Å². The molecule has 1 N–H and O–H groups in total. The molecule has 0 saturated heterocycles. The first kappa shape index (κ1) is 15.5. The number of sulfonamides is 1. The molecule has 1 aromatic carbocycles. The Morgan fingerprint density at radius 1 is 1.32 bits per heavy atom. The first-order valence-corrected chi connectivity index (χ1v) is 7.23. The summed E-state index contributed by atoms with van der Waals surface area (Å²) >= 11 is 0. The summed E-state index contributed by atoms with van der Waals surface area (Å²) in [5.74, 6) is 0. The van der Waals surface area contributed by atoms with Gasteiger partial charge in [-0.05, 0) is 12.5 Å². The minimum Gasteiger partial charge on any atom is -0.395 e. The molecule has 0 radical (unpaired) electrons. The summed E-state index contributed by atoms with van der Waals surface area (Å²) < 4.78 is 25.7. The number of para-hydroxylation sites is 1. The molecule has 0 bridgehead atoms. The van der Waals surface area contributed by atoms with Crippen LogP contribution < -0.4 is 0 Å². The quantitative estimate of drug-likeness (QED) is 0.595. The van der Waals surface area contributed by atoms with Crippen LogP contribution in [0.4, 0.5) is 5.69 Å². The van der Waals surface area contributed by atoms with E-state index in [1.807, 2.05) is 0 Å². The summed E-state index contributed by atoms with van der Waals surface area (Å²) in [6, 6.07) is 5.19. The summed E-state index contributed by atoms with van der Waals surface area (Å²) in [6.45, 7) is 1.58. The third kappa shape index (κ3) is 3.49. The molecule has 1 rings (SSSR count). The second-order valence-corrected chi connectivity index (χ2v) is 5.76. The van der Waals surface area contributed by atoms with Gasteiger partial charge in [-0.2, -0.15) is 4.31 Å². The summed E-state index contributed by atoms with van der Waals surface area (Å²) in [7, 11) is -3.97. The van der Waals surface area contributed by atoms with Crippen LogP contribution in [0.2, 0.25) is 0 Å². The molecule has 0 aromatic heterocycles. The van der Waals surface area contributed by atoms with Crippen molar-refractivity contribution >= 4 is 15.7 Å². The molecule has 106 valence electrons. The Morgan fingerprint density at radius 2 is 1.95 bits per heavy atom. The predicted molar refractivity (Wildman–Crippen MR) is 69.2 cm³/mol. The molecule has 19 heavy (non-hydrogen) atoms. The number of aliphatic hydroxyl groups is 1. The highest BCUT2D eigenvalue weighted by Crippen LogP contribution is 2.26. The highest BCUT2D eigenvalue weighted by Gasteiger charge is 2.30. The molecule has 0 saturated carbocycles. The van der Waals surface area contributed by atoms with Crippen molar-refractivity contribution in [1.29, 1.82) is 0 Å². The zero-order chi connectivity index (χ0) is 14.5. The van der Waals surface area contributed by atoms with E-state index >= 15 is 0 Å². The van der Waals surface area contributed by atoms with Gasteiger partial charge in [0.2, 0.25) is 10.0 Å². The van der Waals surface area contributed by atoms with Gasteiger partial charge in [-0.15, -0.1) is 0 Å². The molecule has 0 unspecified atom stereocenters. The van der Waals surface area contributed by atoms with E-state index in [0.29, 0.717) is 6.42 Å². The van der Waals surface area contributed by atoms with Gasteiger partial charge < -0.3 is 5.11 Å².